The number of rotatable bonds is 3. The molecular weight excluding hydrogens is 405 g/mol. The fraction of sp³-hybridized carbons (Fsp3) is 0.0870. The lowest BCUT2D eigenvalue weighted by molar-refractivity contribution is -0.137. The second-order valence-electron chi connectivity index (χ2n) is 7.11. The maximum Gasteiger partial charge on any atom is 0.416 e. The van der Waals surface area contributed by atoms with Gasteiger partial charge in [0.15, 0.2) is 5.65 Å². The third-order valence-corrected chi connectivity index (χ3v) is 5.03. The Kier molecular flexibility index (Phi) is 4.35. The van der Waals surface area contributed by atoms with Crippen LogP contribution in [0.1, 0.15) is 5.56 Å². The molecule has 0 radical (unpaired) electrons. The van der Waals surface area contributed by atoms with Gasteiger partial charge in [-0.2, -0.15) is 13.2 Å². The van der Waals surface area contributed by atoms with E-state index in [2.05, 4.69) is 5.32 Å². The van der Waals surface area contributed by atoms with E-state index in [0.29, 0.717) is 16.7 Å². The normalized spacial score (nSPS) is 12.0. The van der Waals surface area contributed by atoms with Crippen LogP contribution in [0.25, 0.3) is 33.1 Å². The fourth-order valence-corrected chi connectivity index (χ4v) is 3.66. The van der Waals surface area contributed by atoms with Crippen LogP contribution in [0.2, 0.25) is 0 Å². The zero-order valence-electron chi connectivity index (χ0n) is 16.0. The summed E-state index contributed by atoms with van der Waals surface area (Å²) in [4.78, 5) is 22.1. The molecule has 0 spiro atoms. The number of benzene rings is 3. The maximum absolute atomic E-state index is 13.0. The van der Waals surface area contributed by atoms with Gasteiger partial charge in [0.2, 0.25) is 5.91 Å². The molecule has 0 aliphatic carbocycles. The third kappa shape index (κ3) is 3.46. The first-order valence-corrected chi connectivity index (χ1v) is 9.51. The molecule has 2 aromatic heterocycles. The average molecular weight is 420 g/mol. The van der Waals surface area contributed by atoms with Crippen LogP contribution in [-0.4, -0.2) is 20.4 Å². The lowest BCUT2D eigenvalue weighted by Gasteiger charge is -2.11. The van der Waals surface area contributed by atoms with E-state index in [1.54, 1.807) is 4.57 Å². The summed E-state index contributed by atoms with van der Waals surface area (Å²) in [5, 5.41) is 3.40. The predicted molar refractivity (Wildman–Crippen MR) is 113 cm³/mol. The number of nitrogens with zero attached hydrogens (tertiary/aromatic N) is 3. The van der Waals surface area contributed by atoms with Crippen molar-refractivity contribution < 1.29 is 18.0 Å². The van der Waals surface area contributed by atoms with Crippen LogP contribution in [0.4, 0.5) is 18.9 Å². The molecule has 8 heteroatoms. The topological polar surface area (TPSA) is 59.8 Å². The largest absolute Gasteiger partial charge is 0.416 e. The van der Waals surface area contributed by atoms with Crippen LogP contribution in [0.3, 0.4) is 0 Å². The molecule has 0 aliphatic heterocycles. The van der Waals surface area contributed by atoms with Crippen molar-refractivity contribution in [3.63, 3.8) is 0 Å². The van der Waals surface area contributed by atoms with Crippen molar-refractivity contribution in [2.24, 2.45) is 0 Å². The molecule has 154 valence electrons. The van der Waals surface area contributed by atoms with Gasteiger partial charge in [0.1, 0.15) is 12.1 Å². The van der Waals surface area contributed by atoms with E-state index in [4.69, 9.17) is 9.97 Å². The number of nitrogens with one attached hydrogen (secondary N) is 1. The molecular formula is C23H15F3N4O. The summed E-state index contributed by atoms with van der Waals surface area (Å²) < 4.78 is 40.6. The molecule has 31 heavy (non-hydrogen) atoms. The van der Waals surface area contributed by atoms with Crippen LogP contribution in [-0.2, 0) is 17.5 Å². The molecule has 5 nitrogen and oxygen atoms in total. The Hall–Kier alpha value is -3.94. The van der Waals surface area contributed by atoms with E-state index >= 15 is 0 Å². The molecule has 1 N–H and O–H groups in total. The van der Waals surface area contributed by atoms with Gasteiger partial charge in [-0.1, -0.05) is 36.4 Å². The number of carbonyl (C=O) groups excluding carboxylic acids is 1. The SMILES string of the molecule is O=C(Cn1c2ccccc2c2nc3ccccc3nc21)Nc1cccc(C(F)(F)F)c1. The molecule has 0 saturated heterocycles. The Morgan fingerprint density at radius 2 is 1.61 bits per heavy atom. The molecule has 0 aliphatic rings. The first-order valence-electron chi connectivity index (χ1n) is 9.51. The number of alkyl halides is 3. The molecule has 1 amide bonds. The van der Waals surface area contributed by atoms with Crippen LogP contribution >= 0.6 is 0 Å². The summed E-state index contributed by atoms with van der Waals surface area (Å²) in [6.07, 6.45) is -4.48. The Bertz CT molecular complexity index is 1460. The highest BCUT2D eigenvalue weighted by Gasteiger charge is 2.30. The minimum atomic E-state index is -4.48. The van der Waals surface area contributed by atoms with E-state index < -0.39 is 17.6 Å². The number of fused-ring (bicyclic) bond motifs is 4. The minimum Gasteiger partial charge on any atom is -0.325 e. The lowest BCUT2D eigenvalue weighted by Crippen LogP contribution is -2.19. The monoisotopic (exact) mass is 420 g/mol. The van der Waals surface area contributed by atoms with Crippen molar-refractivity contribution in [2.45, 2.75) is 12.7 Å². The highest BCUT2D eigenvalue weighted by atomic mass is 19.4. The zero-order valence-corrected chi connectivity index (χ0v) is 16.0. The second-order valence-corrected chi connectivity index (χ2v) is 7.11. The second kappa shape index (κ2) is 7.09. The van der Waals surface area contributed by atoms with Crippen molar-refractivity contribution in [3.05, 3.63) is 78.4 Å². The first-order chi connectivity index (χ1) is 14.9. The number of hydrogen-bond donors (Lipinski definition) is 1. The first kappa shape index (κ1) is 19.0. The van der Waals surface area contributed by atoms with Gasteiger partial charge >= 0.3 is 6.18 Å². The van der Waals surface area contributed by atoms with E-state index in [-0.39, 0.29) is 12.2 Å². The molecule has 0 atom stereocenters. The van der Waals surface area contributed by atoms with Crippen LogP contribution in [0.5, 0.6) is 0 Å². The van der Waals surface area contributed by atoms with Gasteiger partial charge in [-0.25, -0.2) is 9.97 Å². The highest BCUT2D eigenvalue weighted by Crippen LogP contribution is 2.31. The number of halogens is 3. The summed E-state index contributed by atoms with van der Waals surface area (Å²) in [6, 6.07) is 19.5. The molecule has 3 aromatic carbocycles. The van der Waals surface area contributed by atoms with Gasteiger partial charge in [0.05, 0.1) is 22.1 Å². The number of para-hydroxylation sites is 3. The zero-order chi connectivity index (χ0) is 21.6. The predicted octanol–water partition coefficient (Wildman–Crippen LogP) is 5.40. The summed E-state index contributed by atoms with van der Waals surface area (Å²) in [5.74, 6) is -0.461. The smallest absolute Gasteiger partial charge is 0.325 e. The van der Waals surface area contributed by atoms with Crippen molar-refractivity contribution in [1.82, 2.24) is 14.5 Å². The molecule has 5 aromatic rings. The number of amides is 1. The summed E-state index contributed by atoms with van der Waals surface area (Å²) in [5.41, 5.74) is 2.67. The maximum atomic E-state index is 13.0. The van der Waals surface area contributed by atoms with Crippen LogP contribution in [0.15, 0.2) is 72.8 Å². The Morgan fingerprint density at radius 1 is 0.903 bits per heavy atom. The molecule has 0 saturated carbocycles. The van der Waals surface area contributed by atoms with E-state index in [1.165, 1.54) is 12.1 Å². The van der Waals surface area contributed by atoms with Gasteiger partial charge in [0, 0.05) is 11.1 Å². The van der Waals surface area contributed by atoms with Crippen molar-refractivity contribution in [1.29, 1.82) is 0 Å². The minimum absolute atomic E-state index is 0.0807. The summed E-state index contributed by atoms with van der Waals surface area (Å²) >= 11 is 0. The van der Waals surface area contributed by atoms with E-state index in [0.717, 1.165) is 28.6 Å². The van der Waals surface area contributed by atoms with Crippen molar-refractivity contribution in [3.8, 4) is 0 Å². The van der Waals surface area contributed by atoms with Crippen molar-refractivity contribution >= 4 is 44.7 Å². The standard InChI is InChI=1S/C23H15F3N4O/c24-23(25,26)14-6-5-7-15(12-14)27-20(31)13-30-19-11-4-1-8-16(19)21-22(30)29-18-10-3-2-9-17(18)28-21/h1-12H,13H2,(H,27,31). The molecule has 0 bridgehead atoms. The molecule has 0 fully saturated rings. The van der Waals surface area contributed by atoms with Gasteiger partial charge in [0.25, 0.3) is 0 Å². The van der Waals surface area contributed by atoms with Gasteiger partial charge in [-0.3, -0.25) is 4.79 Å². The van der Waals surface area contributed by atoms with Crippen LogP contribution in [0, 0.1) is 0 Å². The fourth-order valence-electron chi connectivity index (χ4n) is 3.66. The molecule has 0 unspecified atom stereocenters. The van der Waals surface area contributed by atoms with E-state index in [9.17, 15) is 18.0 Å². The Morgan fingerprint density at radius 3 is 2.39 bits per heavy atom. The summed E-state index contributed by atoms with van der Waals surface area (Å²) in [6.45, 7) is -0.118. The number of anilines is 1. The molecule has 5 rings (SSSR count). The number of carbonyl (C=O) groups is 1. The molecule has 2 heterocycles. The van der Waals surface area contributed by atoms with Gasteiger partial charge in [-0.15, -0.1) is 0 Å². The third-order valence-electron chi connectivity index (χ3n) is 5.03. The van der Waals surface area contributed by atoms with E-state index in [1.807, 2.05) is 48.5 Å². The van der Waals surface area contributed by atoms with Crippen molar-refractivity contribution in [2.75, 3.05) is 5.32 Å². The van der Waals surface area contributed by atoms with Crippen LogP contribution < -0.4 is 5.32 Å². The Balaban J connectivity index is 1.55. The van der Waals surface area contributed by atoms with Gasteiger partial charge in [-0.05, 0) is 36.4 Å². The number of hydrogen-bond acceptors (Lipinski definition) is 3. The number of aromatic nitrogens is 3. The van der Waals surface area contributed by atoms with Gasteiger partial charge < -0.3 is 9.88 Å². The average Bonchev–Trinajstić information content (AvgIpc) is 3.04. The quantitative estimate of drug-likeness (QED) is 0.425. The summed E-state index contributed by atoms with van der Waals surface area (Å²) in [7, 11) is 0. The lowest BCUT2D eigenvalue weighted by atomic mass is 10.2. The Labute approximate surface area is 174 Å². The highest BCUT2D eigenvalue weighted by molar-refractivity contribution is 6.07.